The van der Waals surface area contributed by atoms with Gasteiger partial charge in [0.15, 0.2) is 0 Å². The van der Waals surface area contributed by atoms with Crippen LogP contribution in [0.1, 0.15) is 19.4 Å². The number of ether oxygens (including phenoxy) is 2. The minimum Gasteiger partial charge on any atom is -0.485 e. The Labute approximate surface area is 189 Å². The smallest absolute Gasteiger partial charge is 0.330 e. The first-order valence-electron chi connectivity index (χ1n) is 10.9. The maximum atomic E-state index is 12.5. The Bertz CT molecular complexity index is 942. The normalized spacial score (nSPS) is 15.4. The third-order valence-electron chi connectivity index (χ3n) is 5.13. The average molecular weight is 438 g/mol. The fourth-order valence-corrected chi connectivity index (χ4v) is 3.66. The quantitative estimate of drug-likeness (QED) is 0.479. The van der Waals surface area contributed by atoms with Gasteiger partial charge in [0.25, 0.3) is 0 Å². The van der Waals surface area contributed by atoms with Crippen LogP contribution >= 0.6 is 0 Å². The Morgan fingerprint density at radius 1 is 1.19 bits per heavy atom. The van der Waals surface area contributed by atoms with Crippen molar-refractivity contribution in [1.82, 2.24) is 4.90 Å². The molecule has 1 amide bonds. The van der Waals surface area contributed by atoms with Crippen molar-refractivity contribution >= 4 is 29.3 Å². The number of benzene rings is 2. The van der Waals surface area contributed by atoms with Crippen molar-refractivity contribution < 1.29 is 19.1 Å². The molecule has 2 aromatic rings. The number of carbonyl (C=O) groups is 2. The van der Waals surface area contributed by atoms with E-state index < -0.39 is 0 Å². The Morgan fingerprint density at radius 3 is 2.66 bits per heavy atom. The molecule has 7 heteroatoms. The number of hydrogen-bond donors (Lipinski definition) is 1. The molecule has 0 aromatic heterocycles. The molecule has 1 N–H and O–H groups in total. The molecule has 1 atom stereocenters. The molecule has 170 valence electrons. The largest absolute Gasteiger partial charge is 0.485 e. The number of esters is 1. The summed E-state index contributed by atoms with van der Waals surface area (Å²) in [4.78, 5) is 28.1. The van der Waals surface area contributed by atoms with E-state index in [1.807, 2.05) is 54.4 Å². The van der Waals surface area contributed by atoms with Gasteiger partial charge in [0.2, 0.25) is 5.91 Å². The van der Waals surface area contributed by atoms with Crippen LogP contribution in [0.25, 0.3) is 6.08 Å². The molecule has 7 nitrogen and oxygen atoms in total. The number of hydrogen-bond acceptors (Lipinski definition) is 6. The first kappa shape index (κ1) is 23.3. The highest BCUT2D eigenvalue weighted by Gasteiger charge is 2.25. The van der Waals surface area contributed by atoms with Crippen LogP contribution in [0, 0.1) is 0 Å². The zero-order valence-electron chi connectivity index (χ0n) is 18.9. The van der Waals surface area contributed by atoms with E-state index in [4.69, 9.17) is 9.47 Å². The van der Waals surface area contributed by atoms with E-state index in [0.717, 1.165) is 30.1 Å². The van der Waals surface area contributed by atoms with E-state index in [-0.39, 0.29) is 24.5 Å². The van der Waals surface area contributed by atoms with Crippen LogP contribution < -0.4 is 15.0 Å². The lowest BCUT2D eigenvalue weighted by atomic mass is 10.2. The van der Waals surface area contributed by atoms with E-state index in [1.165, 1.54) is 6.08 Å². The van der Waals surface area contributed by atoms with E-state index in [0.29, 0.717) is 18.8 Å². The molecule has 32 heavy (non-hydrogen) atoms. The van der Waals surface area contributed by atoms with Crippen LogP contribution in [0.3, 0.4) is 0 Å². The fourth-order valence-electron chi connectivity index (χ4n) is 3.66. The molecule has 1 heterocycles. The van der Waals surface area contributed by atoms with Crippen LogP contribution in [0.5, 0.6) is 5.75 Å². The van der Waals surface area contributed by atoms with E-state index in [2.05, 4.69) is 23.2 Å². The Hall–Kier alpha value is -3.32. The summed E-state index contributed by atoms with van der Waals surface area (Å²) in [6, 6.07) is 15.3. The number of nitrogens with zero attached hydrogens (tertiary/aromatic N) is 2. The predicted octanol–water partition coefficient (Wildman–Crippen LogP) is 3.42. The number of amides is 1. The zero-order valence-corrected chi connectivity index (χ0v) is 18.9. The van der Waals surface area contributed by atoms with E-state index in [9.17, 15) is 9.59 Å². The molecule has 1 aliphatic heterocycles. The average Bonchev–Trinajstić information content (AvgIpc) is 2.78. The number of anilines is 2. The van der Waals surface area contributed by atoms with Crippen molar-refractivity contribution in [3.8, 4) is 5.75 Å². The van der Waals surface area contributed by atoms with Crippen LogP contribution in [0.2, 0.25) is 0 Å². The van der Waals surface area contributed by atoms with Gasteiger partial charge in [0.1, 0.15) is 11.9 Å². The maximum Gasteiger partial charge on any atom is 0.330 e. The lowest BCUT2D eigenvalue weighted by Gasteiger charge is -2.37. The van der Waals surface area contributed by atoms with Gasteiger partial charge >= 0.3 is 5.97 Å². The molecule has 0 fully saturated rings. The minimum atomic E-state index is -0.375. The number of para-hydroxylation sites is 2. The lowest BCUT2D eigenvalue weighted by molar-refractivity contribution is -0.137. The van der Waals surface area contributed by atoms with Crippen molar-refractivity contribution in [2.24, 2.45) is 0 Å². The molecule has 0 saturated heterocycles. The zero-order chi connectivity index (χ0) is 22.9. The van der Waals surface area contributed by atoms with Crippen LogP contribution in [0.15, 0.2) is 54.6 Å². The third-order valence-corrected chi connectivity index (χ3v) is 5.13. The molecule has 0 radical (unpaired) electrons. The molecule has 0 bridgehead atoms. The highest BCUT2D eigenvalue weighted by molar-refractivity contribution is 5.92. The molecule has 0 saturated carbocycles. The Morgan fingerprint density at radius 2 is 1.94 bits per heavy atom. The summed E-state index contributed by atoms with van der Waals surface area (Å²) in [6.45, 7) is 6.86. The highest BCUT2D eigenvalue weighted by atomic mass is 16.5. The number of nitrogens with one attached hydrogen (secondary N) is 1. The molecule has 0 spiro atoms. The number of carbonyl (C=O) groups excluding carboxylic acids is 2. The third kappa shape index (κ3) is 6.59. The van der Waals surface area contributed by atoms with Gasteiger partial charge in [-0.15, -0.1) is 0 Å². The summed E-state index contributed by atoms with van der Waals surface area (Å²) in [5, 5.41) is 2.91. The SMILES string of the molecule is CCOC(=O)/C=C/c1ccc(NC(=O)CN(C)CC2CN(CC)c3ccccc3O2)cc1. The summed E-state index contributed by atoms with van der Waals surface area (Å²) < 4.78 is 11.0. The maximum absolute atomic E-state index is 12.5. The van der Waals surface area contributed by atoms with Crippen molar-refractivity contribution in [3.63, 3.8) is 0 Å². The van der Waals surface area contributed by atoms with Gasteiger partial charge in [-0.05, 0) is 56.8 Å². The van der Waals surface area contributed by atoms with E-state index in [1.54, 1.807) is 13.0 Å². The minimum absolute atomic E-state index is 0.00637. The van der Waals surface area contributed by atoms with Gasteiger partial charge in [0.05, 0.1) is 25.4 Å². The molecular weight excluding hydrogens is 406 g/mol. The van der Waals surface area contributed by atoms with Gasteiger partial charge < -0.3 is 19.7 Å². The summed E-state index contributed by atoms with van der Waals surface area (Å²) in [6.07, 6.45) is 3.06. The van der Waals surface area contributed by atoms with Gasteiger partial charge in [0, 0.05) is 24.9 Å². The second-order valence-electron chi connectivity index (χ2n) is 7.70. The van der Waals surface area contributed by atoms with Crippen LogP contribution in [-0.2, 0) is 14.3 Å². The number of fused-ring (bicyclic) bond motifs is 1. The fraction of sp³-hybridized carbons (Fsp3) is 0.360. The first-order valence-corrected chi connectivity index (χ1v) is 10.9. The lowest BCUT2D eigenvalue weighted by Crippen LogP contribution is -2.46. The highest BCUT2D eigenvalue weighted by Crippen LogP contribution is 2.32. The molecular formula is C25H31N3O4. The summed E-state index contributed by atoms with van der Waals surface area (Å²) in [5.74, 6) is 0.423. The Kier molecular flexibility index (Phi) is 8.27. The molecule has 2 aromatic carbocycles. The molecule has 3 rings (SSSR count). The van der Waals surface area contributed by atoms with Crippen molar-refractivity contribution in [1.29, 1.82) is 0 Å². The second kappa shape index (κ2) is 11.3. The number of rotatable bonds is 9. The first-order chi connectivity index (χ1) is 15.5. The van der Waals surface area contributed by atoms with Crippen molar-refractivity contribution in [2.45, 2.75) is 20.0 Å². The summed E-state index contributed by atoms with van der Waals surface area (Å²) in [5.41, 5.74) is 2.67. The predicted molar refractivity (Wildman–Crippen MR) is 127 cm³/mol. The van der Waals surface area contributed by atoms with Crippen LogP contribution in [0.4, 0.5) is 11.4 Å². The number of likely N-dealkylation sites (N-methyl/N-ethyl adjacent to an activating group) is 2. The Balaban J connectivity index is 1.48. The summed E-state index contributed by atoms with van der Waals surface area (Å²) in [7, 11) is 1.92. The molecule has 0 aliphatic carbocycles. The van der Waals surface area contributed by atoms with Gasteiger partial charge in [-0.25, -0.2) is 4.79 Å². The molecule has 1 aliphatic rings. The van der Waals surface area contributed by atoms with Crippen LogP contribution in [-0.4, -0.2) is 62.7 Å². The molecule has 1 unspecified atom stereocenters. The monoisotopic (exact) mass is 437 g/mol. The van der Waals surface area contributed by atoms with Crippen molar-refractivity contribution in [2.75, 3.05) is 50.1 Å². The van der Waals surface area contributed by atoms with Crippen molar-refractivity contribution in [3.05, 3.63) is 60.2 Å². The second-order valence-corrected chi connectivity index (χ2v) is 7.70. The standard InChI is InChI=1S/C25H31N3O4/c1-4-28-17-21(32-23-9-7-6-8-22(23)28)16-27(3)18-24(29)26-20-13-10-19(11-14-20)12-15-25(30)31-5-2/h6-15,21H,4-5,16-18H2,1-3H3,(H,26,29)/b15-12+. The topological polar surface area (TPSA) is 71.1 Å². The van der Waals surface area contributed by atoms with Gasteiger partial charge in [-0.3, -0.25) is 9.69 Å². The van der Waals surface area contributed by atoms with Gasteiger partial charge in [-0.2, -0.15) is 0 Å². The van der Waals surface area contributed by atoms with E-state index >= 15 is 0 Å². The van der Waals surface area contributed by atoms with Gasteiger partial charge in [-0.1, -0.05) is 24.3 Å². The summed E-state index contributed by atoms with van der Waals surface area (Å²) >= 11 is 0.